The fourth-order valence-corrected chi connectivity index (χ4v) is 4.79. The molecule has 0 bridgehead atoms. The van der Waals surface area contributed by atoms with Gasteiger partial charge in [-0.1, -0.05) is 48.5 Å². The van der Waals surface area contributed by atoms with Crippen molar-refractivity contribution in [3.05, 3.63) is 131 Å². The lowest BCUT2D eigenvalue weighted by Crippen LogP contribution is -2.29. The molecular formula is C34H25F2N9O2. The second-order valence-corrected chi connectivity index (χ2v) is 10.5. The van der Waals surface area contributed by atoms with E-state index in [-0.39, 0.29) is 29.7 Å². The summed E-state index contributed by atoms with van der Waals surface area (Å²) in [5.74, 6) is -2.44. The van der Waals surface area contributed by atoms with Crippen LogP contribution in [0.2, 0.25) is 0 Å². The number of rotatable bonds is 9. The number of carbonyl (C=O) groups is 2. The Morgan fingerprint density at radius 1 is 0.894 bits per heavy atom. The van der Waals surface area contributed by atoms with Crippen molar-refractivity contribution in [3.63, 3.8) is 0 Å². The van der Waals surface area contributed by atoms with Crippen molar-refractivity contribution < 1.29 is 18.4 Å². The molecular weight excluding hydrogens is 604 g/mol. The van der Waals surface area contributed by atoms with Crippen molar-refractivity contribution in [3.8, 4) is 17.2 Å². The lowest BCUT2D eigenvalue weighted by Gasteiger charge is -2.16. The van der Waals surface area contributed by atoms with E-state index in [9.17, 15) is 23.6 Å². The number of fused-ring (bicyclic) bond motifs is 1. The van der Waals surface area contributed by atoms with Crippen molar-refractivity contribution in [2.24, 2.45) is 0 Å². The van der Waals surface area contributed by atoms with Gasteiger partial charge in [0.05, 0.1) is 17.6 Å². The maximum absolute atomic E-state index is 13.7. The van der Waals surface area contributed by atoms with Crippen LogP contribution in [0.15, 0.2) is 91.3 Å². The summed E-state index contributed by atoms with van der Waals surface area (Å²) in [6.07, 6.45) is 2.95. The molecule has 0 fully saturated rings. The molecule has 0 aliphatic heterocycles. The molecule has 1 atom stereocenters. The number of hydrogen-bond donors (Lipinski definition) is 4. The molecule has 3 aromatic heterocycles. The molecule has 0 aliphatic rings. The minimum Gasteiger partial charge on any atom is -0.364 e. The third kappa shape index (κ3) is 6.76. The maximum Gasteiger partial charge on any atom is 0.274 e. The van der Waals surface area contributed by atoms with E-state index < -0.39 is 23.6 Å². The van der Waals surface area contributed by atoms with E-state index in [1.54, 1.807) is 37.4 Å². The summed E-state index contributed by atoms with van der Waals surface area (Å²) < 4.78 is 27.1. The fraction of sp³-hybridized carbons (Fsp3) is 0.0882. The number of halogens is 2. The number of benzene rings is 3. The highest BCUT2D eigenvalue weighted by molar-refractivity contribution is 6.07. The van der Waals surface area contributed by atoms with Gasteiger partial charge in [0.25, 0.3) is 11.8 Å². The van der Waals surface area contributed by atoms with Crippen molar-refractivity contribution in [1.82, 2.24) is 30.5 Å². The molecule has 4 N–H and O–H groups in total. The zero-order valence-corrected chi connectivity index (χ0v) is 24.8. The van der Waals surface area contributed by atoms with Crippen LogP contribution < -0.4 is 16.0 Å². The number of anilines is 2. The van der Waals surface area contributed by atoms with E-state index >= 15 is 0 Å². The quantitative estimate of drug-likeness (QED) is 0.153. The number of pyridine rings is 1. The molecule has 6 aromatic rings. The Labute approximate surface area is 266 Å². The normalized spacial score (nSPS) is 11.4. The topological polar surface area (TPSA) is 161 Å². The molecule has 2 amide bonds. The van der Waals surface area contributed by atoms with Gasteiger partial charge in [0.15, 0.2) is 40.3 Å². The van der Waals surface area contributed by atoms with Crippen LogP contribution in [0.5, 0.6) is 0 Å². The van der Waals surface area contributed by atoms with Crippen LogP contribution in [0.4, 0.5) is 20.4 Å². The van der Waals surface area contributed by atoms with Crippen LogP contribution in [-0.4, -0.2) is 37.0 Å². The van der Waals surface area contributed by atoms with E-state index in [2.05, 4.69) is 41.1 Å². The number of carbonyl (C=O) groups excluding carboxylic acids is 2. The highest BCUT2D eigenvalue weighted by Crippen LogP contribution is 2.27. The Balaban J connectivity index is 1.15. The van der Waals surface area contributed by atoms with Crippen LogP contribution in [-0.2, 0) is 6.54 Å². The van der Waals surface area contributed by atoms with Crippen molar-refractivity contribution >= 4 is 34.5 Å². The van der Waals surface area contributed by atoms with Gasteiger partial charge in [-0.05, 0) is 53.9 Å². The molecule has 11 nitrogen and oxygen atoms in total. The number of aromatic nitrogens is 5. The van der Waals surface area contributed by atoms with Crippen LogP contribution in [0.3, 0.4) is 0 Å². The zero-order chi connectivity index (χ0) is 32.9. The number of nitrogens with one attached hydrogen (secondary N) is 4. The molecule has 0 saturated carbocycles. The highest BCUT2D eigenvalue weighted by atomic mass is 19.2. The summed E-state index contributed by atoms with van der Waals surface area (Å²) >= 11 is 0. The molecule has 0 aliphatic carbocycles. The summed E-state index contributed by atoms with van der Waals surface area (Å²) in [7, 11) is 0. The summed E-state index contributed by atoms with van der Waals surface area (Å²) in [6, 6.07) is 22.9. The minimum absolute atomic E-state index is 0.0588. The van der Waals surface area contributed by atoms with Gasteiger partial charge in [-0.25, -0.2) is 23.7 Å². The lowest BCUT2D eigenvalue weighted by atomic mass is 10.0. The molecule has 13 heteroatoms. The van der Waals surface area contributed by atoms with Gasteiger partial charge >= 0.3 is 0 Å². The predicted octanol–water partition coefficient (Wildman–Crippen LogP) is 5.92. The summed E-state index contributed by atoms with van der Waals surface area (Å²) in [5, 5.41) is 25.6. The number of aromatic amines is 1. The molecule has 0 saturated heterocycles. The Morgan fingerprint density at radius 3 is 2.43 bits per heavy atom. The lowest BCUT2D eigenvalue weighted by molar-refractivity contribution is 0.0934. The summed E-state index contributed by atoms with van der Waals surface area (Å²) in [5.41, 5.74) is 3.74. The molecule has 3 heterocycles. The van der Waals surface area contributed by atoms with Crippen LogP contribution in [0.25, 0.3) is 22.2 Å². The van der Waals surface area contributed by atoms with Crippen LogP contribution >= 0.6 is 0 Å². The zero-order valence-electron chi connectivity index (χ0n) is 24.8. The van der Waals surface area contributed by atoms with Gasteiger partial charge in [-0.2, -0.15) is 10.4 Å². The van der Waals surface area contributed by atoms with E-state index in [1.807, 2.05) is 42.5 Å². The molecule has 0 unspecified atom stereocenters. The number of nitriles is 1. The summed E-state index contributed by atoms with van der Waals surface area (Å²) in [6.45, 7) is 1.89. The third-order valence-corrected chi connectivity index (χ3v) is 7.32. The first-order chi connectivity index (χ1) is 22.8. The molecule has 47 heavy (non-hydrogen) atoms. The van der Waals surface area contributed by atoms with E-state index in [4.69, 9.17) is 0 Å². The number of H-pyrrole nitrogens is 1. The van der Waals surface area contributed by atoms with Crippen molar-refractivity contribution in [1.29, 1.82) is 5.26 Å². The largest absolute Gasteiger partial charge is 0.364 e. The third-order valence-electron chi connectivity index (χ3n) is 7.32. The van der Waals surface area contributed by atoms with E-state index in [0.717, 1.165) is 28.8 Å². The number of hydrogen-bond acceptors (Lipinski definition) is 8. The molecule has 0 spiro atoms. The fourth-order valence-electron chi connectivity index (χ4n) is 4.79. The molecule has 0 radical (unpaired) electrons. The first-order valence-corrected chi connectivity index (χ1v) is 14.4. The Hall–Kier alpha value is -6.55. The van der Waals surface area contributed by atoms with Crippen molar-refractivity contribution in [2.75, 3.05) is 10.6 Å². The van der Waals surface area contributed by atoms with Gasteiger partial charge in [0, 0.05) is 23.9 Å². The maximum atomic E-state index is 13.7. The Morgan fingerprint density at radius 2 is 1.68 bits per heavy atom. The van der Waals surface area contributed by atoms with Crippen LogP contribution in [0.1, 0.15) is 50.6 Å². The second kappa shape index (κ2) is 13.2. The van der Waals surface area contributed by atoms with Gasteiger partial charge in [0.1, 0.15) is 6.07 Å². The molecule has 3 aromatic carbocycles. The van der Waals surface area contributed by atoms with Gasteiger partial charge in [-0.3, -0.25) is 14.7 Å². The summed E-state index contributed by atoms with van der Waals surface area (Å²) in [4.78, 5) is 38.6. The average Bonchev–Trinajstić information content (AvgIpc) is 3.50. The minimum atomic E-state index is -1.03. The Kier molecular flexibility index (Phi) is 8.56. The average molecular weight is 630 g/mol. The monoisotopic (exact) mass is 629 g/mol. The first kappa shape index (κ1) is 30.5. The number of amides is 2. The van der Waals surface area contributed by atoms with Crippen LogP contribution in [0, 0.1) is 23.0 Å². The standard InChI is InChI=1S/C34H25F2N9O2/c1-19(23-11-12-27(35)28(36)14-23)41-34(47)29-32(40-18-25(15-37)42-29)38-16-20-7-9-21(10-8-20)24-13-26-30(39-17-24)44-45-31(26)43-33(46)22-5-3-2-4-6-22/h2-14,17-19H,16H2,1H3,(H,38,40)(H,41,47)(H2,39,43,44,45,46)/t19-/m0/s1. The van der Waals surface area contributed by atoms with E-state index in [0.29, 0.717) is 28.0 Å². The molecule has 232 valence electrons. The predicted molar refractivity (Wildman–Crippen MR) is 170 cm³/mol. The Bertz CT molecular complexity index is 2150. The van der Waals surface area contributed by atoms with Gasteiger partial charge < -0.3 is 16.0 Å². The van der Waals surface area contributed by atoms with E-state index in [1.165, 1.54) is 12.3 Å². The SMILES string of the molecule is C[C@H](NC(=O)c1nc(C#N)cnc1NCc1ccc(-c2cnc3[nH]nc(NC(=O)c4ccccc4)c3c2)cc1)c1ccc(F)c(F)c1. The number of nitrogens with zero attached hydrogens (tertiary/aromatic N) is 5. The molecule has 6 rings (SSSR count). The second-order valence-electron chi connectivity index (χ2n) is 10.5. The smallest absolute Gasteiger partial charge is 0.274 e. The van der Waals surface area contributed by atoms with Crippen molar-refractivity contribution in [2.45, 2.75) is 19.5 Å². The van der Waals surface area contributed by atoms with Gasteiger partial charge in [-0.15, -0.1) is 0 Å². The highest BCUT2D eigenvalue weighted by Gasteiger charge is 2.20. The first-order valence-electron chi connectivity index (χ1n) is 14.4. The van der Waals surface area contributed by atoms with Gasteiger partial charge in [0.2, 0.25) is 0 Å².